The Morgan fingerprint density at radius 2 is 1.36 bits per heavy atom. The SMILES string of the molecule is CCCCCCCCc1ccc(C(=O)NC(=O)CCc2ccc(O)cc2)cc1. The smallest absolute Gasteiger partial charge is 0.257 e. The highest BCUT2D eigenvalue weighted by molar-refractivity contribution is 6.04. The van der Waals surface area contributed by atoms with E-state index in [0.29, 0.717) is 12.0 Å². The molecule has 150 valence electrons. The van der Waals surface area contributed by atoms with Crippen molar-refractivity contribution in [3.05, 3.63) is 65.2 Å². The van der Waals surface area contributed by atoms with E-state index in [0.717, 1.165) is 12.0 Å². The van der Waals surface area contributed by atoms with Crippen LogP contribution in [0, 0.1) is 0 Å². The van der Waals surface area contributed by atoms with E-state index >= 15 is 0 Å². The topological polar surface area (TPSA) is 66.4 Å². The van der Waals surface area contributed by atoms with Crippen LogP contribution >= 0.6 is 0 Å². The van der Waals surface area contributed by atoms with Gasteiger partial charge in [0.25, 0.3) is 5.91 Å². The second-order valence-electron chi connectivity index (χ2n) is 7.26. The summed E-state index contributed by atoms with van der Waals surface area (Å²) < 4.78 is 0. The van der Waals surface area contributed by atoms with Gasteiger partial charge in [-0.2, -0.15) is 0 Å². The van der Waals surface area contributed by atoms with Crippen LogP contribution in [0.1, 0.15) is 73.4 Å². The first kappa shape index (κ1) is 21.7. The van der Waals surface area contributed by atoms with Crippen molar-refractivity contribution >= 4 is 11.8 Å². The molecule has 0 unspecified atom stereocenters. The molecular formula is C24H31NO3. The Balaban J connectivity index is 1.71. The number of imide groups is 1. The van der Waals surface area contributed by atoms with E-state index in [1.807, 2.05) is 12.1 Å². The molecule has 0 spiro atoms. The number of rotatable bonds is 11. The molecular weight excluding hydrogens is 350 g/mol. The first-order valence-electron chi connectivity index (χ1n) is 10.3. The average Bonchev–Trinajstić information content (AvgIpc) is 2.70. The lowest BCUT2D eigenvalue weighted by Crippen LogP contribution is -2.30. The second kappa shape index (κ2) is 12.0. The number of phenols is 1. The van der Waals surface area contributed by atoms with E-state index in [2.05, 4.69) is 12.2 Å². The van der Waals surface area contributed by atoms with E-state index in [1.165, 1.54) is 44.1 Å². The number of carbonyl (C=O) groups is 2. The molecule has 0 bridgehead atoms. The fraction of sp³-hybridized carbons (Fsp3) is 0.417. The molecule has 0 aliphatic carbocycles. The van der Waals surface area contributed by atoms with Gasteiger partial charge in [-0.3, -0.25) is 14.9 Å². The van der Waals surface area contributed by atoms with Crippen molar-refractivity contribution in [2.24, 2.45) is 0 Å². The molecule has 0 heterocycles. The van der Waals surface area contributed by atoms with Crippen LogP contribution < -0.4 is 5.32 Å². The van der Waals surface area contributed by atoms with Crippen LogP contribution in [0.3, 0.4) is 0 Å². The summed E-state index contributed by atoms with van der Waals surface area (Å²) in [5, 5.41) is 11.7. The van der Waals surface area contributed by atoms with Crippen molar-refractivity contribution in [3.63, 3.8) is 0 Å². The summed E-state index contributed by atoms with van der Waals surface area (Å²) >= 11 is 0. The number of phenolic OH excluding ortho intramolecular Hbond substituents is 1. The van der Waals surface area contributed by atoms with Crippen LogP contribution in [0.5, 0.6) is 5.75 Å². The van der Waals surface area contributed by atoms with Crippen molar-refractivity contribution in [3.8, 4) is 5.75 Å². The standard InChI is InChI=1S/C24H31NO3/c1-2-3-4-5-6-7-8-19-9-14-21(15-10-19)24(28)25-23(27)18-13-20-11-16-22(26)17-12-20/h9-12,14-17,26H,2-8,13,18H2,1H3,(H,25,27,28). The van der Waals surface area contributed by atoms with Gasteiger partial charge >= 0.3 is 0 Å². The van der Waals surface area contributed by atoms with E-state index < -0.39 is 0 Å². The van der Waals surface area contributed by atoms with Crippen molar-refractivity contribution in [1.82, 2.24) is 5.32 Å². The summed E-state index contributed by atoms with van der Waals surface area (Å²) in [6, 6.07) is 14.2. The molecule has 2 amide bonds. The van der Waals surface area contributed by atoms with Gasteiger partial charge in [-0.1, -0.05) is 63.3 Å². The van der Waals surface area contributed by atoms with Gasteiger partial charge < -0.3 is 5.11 Å². The normalized spacial score (nSPS) is 10.6. The predicted molar refractivity (Wildman–Crippen MR) is 112 cm³/mol. The van der Waals surface area contributed by atoms with Crippen molar-refractivity contribution in [2.75, 3.05) is 0 Å². The fourth-order valence-corrected chi connectivity index (χ4v) is 3.11. The maximum atomic E-state index is 12.2. The molecule has 2 rings (SSSR count). The van der Waals surface area contributed by atoms with Crippen LogP contribution in [-0.4, -0.2) is 16.9 Å². The number of hydrogen-bond donors (Lipinski definition) is 2. The molecule has 0 saturated carbocycles. The zero-order chi connectivity index (χ0) is 20.2. The van der Waals surface area contributed by atoms with E-state index in [9.17, 15) is 14.7 Å². The van der Waals surface area contributed by atoms with Gasteiger partial charge in [0.15, 0.2) is 0 Å². The number of hydrogen-bond acceptors (Lipinski definition) is 3. The summed E-state index contributed by atoms with van der Waals surface area (Å²) in [5.74, 6) is -0.459. The number of carbonyl (C=O) groups excluding carboxylic acids is 2. The third kappa shape index (κ3) is 7.95. The van der Waals surface area contributed by atoms with Gasteiger partial charge in [0.1, 0.15) is 5.75 Å². The number of aryl methyl sites for hydroxylation is 2. The fourth-order valence-electron chi connectivity index (χ4n) is 3.11. The Morgan fingerprint density at radius 3 is 2.04 bits per heavy atom. The quantitative estimate of drug-likeness (QED) is 0.527. The number of benzene rings is 2. The van der Waals surface area contributed by atoms with Crippen LogP contribution in [0.4, 0.5) is 0 Å². The van der Waals surface area contributed by atoms with Gasteiger partial charge in [-0.15, -0.1) is 0 Å². The second-order valence-corrected chi connectivity index (χ2v) is 7.26. The minimum Gasteiger partial charge on any atom is -0.508 e. The molecule has 2 aromatic carbocycles. The maximum absolute atomic E-state index is 12.2. The monoisotopic (exact) mass is 381 g/mol. The van der Waals surface area contributed by atoms with Gasteiger partial charge in [0.05, 0.1) is 0 Å². The molecule has 0 saturated heterocycles. The van der Waals surface area contributed by atoms with E-state index in [4.69, 9.17) is 0 Å². The first-order chi connectivity index (χ1) is 13.6. The molecule has 28 heavy (non-hydrogen) atoms. The van der Waals surface area contributed by atoms with E-state index in [1.54, 1.807) is 36.4 Å². The highest BCUT2D eigenvalue weighted by atomic mass is 16.3. The molecule has 0 aliphatic heterocycles. The summed E-state index contributed by atoms with van der Waals surface area (Å²) in [7, 11) is 0. The van der Waals surface area contributed by atoms with Crippen LogP contribution in [0.15, 0.2) is 48.5 Å². The zero-order valence-corrected chi connectivity index (χ0v) is 16.7. The largest absolute Gasteiger partial charge is 0.508 e. The Bertz CT molecular complexity index is 735. The third-order valence-corrected chi connectivity index (χ3v) is 4.87. The molecule has 2 N–H and O–H groups in total. The number of nitrogens with one attached hydrogen (secondary N) is 1. The molecule has 0 atom stereocenters. The average molecular weight is 382 g/mol. The number of unbranched alkanes of at least 4 members (excludes halogenated alkanes) is 5. The molecule has 0 fully saturated rings. The molecule has 0 aliphatic rings. The highest BCUT2D eigenvalue weighted by Gasteiger charge is 2.10. The van der Waals surface area contributed by atoms with Gasteiger partial charge in [0.2, 0.25) is 5.91 Å². The summed E-state index contributed by atoms with van der Waals surface area (Å²) in [6.07, 6.45) is 9.39. The molecule has 4 heteroatoms. The van der Waals surface area contributed by atoms with Crippen LogP contribution in [-0.2, 0) is 17.6 Å². The van der Waals surface area contributed by atoms with Gasteiger partial charge in [0, 0.05) is 12.0 Å². The van der Waals surface area contributed by atoms with Crippen LogP contribution in [0.25, 0.3) is 0 Å². The van der Waals surface area contributed by atoms with Gasteiger partial charge in [-0.25, -0.2) is 0 Å². The summed E-state index contributed by atoms with van der Waals surface area (Å²) in [5.41, 5.74) is 2.68. The lowest BCUT2D eigenvalue weighted by atomic mass is 10.0. The Hall–Kier alpha value is -2.62. The summed E-state index contributed by atoms with van der Waals surface area (Å²) in [4.78, 5) is 24.2. The van der Waals surface area contributed by atoms with Crippen molar-refractivity contribution in [2.45, 2.75) is 64.7 Å². The lowest BCUT2D eigenvalue weighted by Gasteiger charge is -2.06. The Morgan fingerprint density at radius 1 is 0.786 bits per heavy atom. The predicted octanol–water partition coefficient (Wildman–Crippen LogP) is 5.18. The molecule has 4 nitrogen and oxygen atoms in total. The summed E-state index contributed by atoms with van der Waals surface area (Å²) in [6.45, 7) is 2.22. The van der Waals surface area contributed by atoms with Crippen molar-refractivity contribution < 1.29 is 14.7 Å². The van der Waals surface area contributed by atoms with Crippen molar-refractivity contribution in [1.29, 1.82) is 0 Å². The molecule has 2 aromatic rings. The van der Waals surface area contributed by atoms with Crippen LogP contribution in [0.2, 0.25) is 0 Å². The highest BCUT2D eigenvalue weighted by Crippen LogP contribution is 2.12. The molecule has 0 radical (unpaired) electrons. The van der Waals surface area contributed by atoms with E-state index in [-0.39, 0.29) is 24.0 Å². The Labute approximate surface area is 168 Å². The third-order valence-electron chi connectivity index (χ3n) is 4.87. The lowest BCUT2D eigenvalue weighted by molar-refractivity contribution is -0.120. The molecule has 0 aromatic heterocycles. The zero-order valence-electron chi connectivity index (χ0n) is 16.7. The minimum atomic E-state index is -0.359. The maximum Gasteiger partial charge on any atom is 0.257 e. The minimum absolute atomic E-state index is 0.198. The first-order valence-corrected chi connectivity index (χ1v) is 10.3. The Kier molecular flexibility index (Phi) is 9.26. The van der Waals surface area contributed by atoms with Gasteiger partial charge in [-0.05, 0) is 54.7 Å². The number of aromatic hydroxyl groups is 1. The number of amides is 2.